The first-order valence-electron chi connectivity index (χ1n) is 8.35. The number of aliphatic hydroxyl groups excluding tert-OH is 1. The van der Waals surface area contributed by atoms with Crippen LogP contribution in [0.3, 0.4) is 0 Å². The molecule has 1 rings (SSSR count). The van der Waals surface area contributed by atoms with Crippen molar-refractivity contribution in [3.63, 3.8) is 0 Å². The van der Waals surface area contributed by atoms with E-state index in [0.29, 0.717) is 24.0 Å². The van der Waals surface area contributed by atoms with E-state index < -0.39 is 17.9 Å². The van der Waals surface area contributed by atoms with Crippen LogP contribution in [-0.2, 0) is 23.8 Å². The van der Waals surface area contributed by atoms with Gasteiger partial charge in [0, 0.05) is 0 Å². The second kappa shape index (κ2) is 9.15. The quantitative estimate of drug-likeness (QED) is 0.540. The average molecular weight is 338 g/mol. The second-order valence-corrected chi connectivity index (χ2v) is 4.97. The average Bonchev–Trinajstić information content (AvgIpc) is 2.89. The van der Waals surface area contributed by atoms with Crippen LogP contribution in [0.15, 0.2) is 33.8 Å². The van der Waals surface area contributed by atoms with Crippen LogP contribution >= 0.6 is 0 Å². The summed E-state index contributed by atoms with van der Waals surface area (Å²) >= 11 is 0. The van der Waals surface area contributed by atoms with Crippen molar-refractivity contribution in [1.82, 2.24) is 0 Å². The van der Waals surface area contributed by atoms with Gasteiger partial charge in [-0.1, -0.05) is 13.8 Å². The molecule has 1 aliphatic carbocycles. The summed E-state index contributed by atoms with van der Waals surface area (Å²) in [6.45, 7) is 9.45. The molecule has 6 nitrogen and oxygen atoms in total. The van der Waals surface area contributed by atoms with Gasteiger partial charge in [0.2, 0.25) is 0 Å². The largest absolute Gasteiger partial charge is 0.481 e. The minimum atomic E-state index is -0.583. The fraction of sp³-hybridized carbons (Fsp3) is 0.556. The summed E-state index contributed by atoms with van der Waals surface area (Å²) in [7, 11) is 0. The van der Waals surface area contributed by atoms with Gasteiger partial charge in [0.25, 0.3) is 5.95 Å². The maximum absolute atomic E-state index is 12.5. The Morgan fingerprint density at radius 3 is 1.42 bits per heavy atom. The third-order valence-electron chi connectivity index (χ3n) is 3.63. The van der Waals surface area contributed by atoms with E-state index in [4.69, 9.17) is 14.2 Å². The second-order valence-electron chi connectivity index (χ2n) is 4.97. The molecule has 0 aromatic rings. The van der Waals surface area contributed by atoms with Gasteiger partial charge in [-0.05, 0) is 44.8 Å². The molecule has 0 radical (unpaired) electrons. The summed E-state index contributed by atoms with van der Waals surface area (Å²) in [5.74, 6) is -1.63. The molecule has 0 saturated carbocycles. The first-order chi connectivity index (χ1) is 11.5. The molecular weight excluding hydrogens is 312 g/mol. The van der Waals surface area contributed by atoms with Gasteiger partial charge in [0.05, 0.1) is 36.5 Å². The van der Waals surface area contributed by atoms with E-state index in [0.717, 1.165) is 0 Å². The molecule has 0 aliphatic heterocycles. The van der Waals surface area contributed by atoms with Crippen LogP contribution in [0, 0.1) is 0 Å². The van der Waals surface area contributed by atoms with Crippen molar-refractivity contribution in [1.29, 1.82) is 0 Å². The van der Waals surface area contributed by atoms with Gasteiger partial charge in [0.15, 0.2) is 0 Å². The maximum Gasteiger partial charge on any atom is 0.339 e. The van der Waals surface area contributed by atoms with Crippen LogP contribution in [-0.4, -0.2) is 36.9 Å². The third-order valence-corrected chi connectivity index (χ3v) is 3.63. The number of rotatable bonds is 8. The number of carbonyl (C=O) groups is 2. The lowest BCUT2D eigenvalue weighted by Gasteiger charge is -2.12. The SMILES string of the molecule is CCOC(=O)C1=C(CC)C(CC)=C(C(=O)OCC)C1=C(O)OCC. The van der Waals surface area contributed by atoms with Crippen molar-refractivity contribution in [2.45, 2.75) is 47.5 Å². The molecule has 0 saturated heterocycles. The molecule has 0 heterocycles. The molecule has 0 fully saturated rings. The van der Waals surface area contributed by atoms with Crippen molar-refractivity contribution >= 4 is 11.9 Å². The Kier molecular flexibility index (Phi) is 7.55. The molecule has 24 heavy (non-hydrogen) atoms. The Balaban J connectivity index is 3.65. The molecule has 0 bridgehead atoms. The predicted octanol–water partition coefficient (Wildman–Crippen LogP) is 3.35. The van der Waals surface area contributed by atoms with Gasteiger partial charge < -0.3 is 19.3 Å². The molecule has 134 valence electrons. The Morgan fingerprint density at radius 1 is 0.750 bits per heavy atom. The summed E-state index contributed by atoms with van der Waals surface area (Å²) in [6.07, 6.45) is 1.03. The summed E-state index contributed by atoms with van der Waals surface area (Å²) in [6, 6.07) is 0. The number of hydrogen-bond acceptors (Lipinski definition) is 6. The first kappa shape index (κ1) is 19.8. The highest BCUT2D eigenvalue weighted by molar-refractivity contribution is 6.08. The molecule has 0 aromatic heterocycles. The molecule has 1 N–H and O–H groups in total. The van der Waals surface area contributed by atoms with Crippen LogP contribution in [0.4, 0.5) is 0 Å². The lowest BCUT2D eigenvalue weighted by Crippen LogP contribution is -2.16. The lowest BCUT2D eigenvalue weighted by molar-refractivity contribution is -0.138. The van der Waals surface area contributed by atoms with E-state index in [-0.39, 0.29) is 36.5 Å². The van der Waals surface area contributed by atoms with Crippen LogP contribution in [0.1, 0.15) is 47.5 Å². The third kappa shape index (κ3) is 3.80. The minimum Gasteiger partial charge on any atom is -0.481 e. The van der Waals surface area contributed by atoms with Crippen molar-refractivity contribution in [2.24, 2.45) is 0 Å². The summed E-state index contributed by atoms with van der Waals surface area (Å²) in [5.41, 5.74) is 1.80. The van der Waals surface area contributed by atoms with E-state index in [1.165, 1.54) is 0 Å². The van der Waals surface area contributed by atoms with E-state index in [1.807, 2.05) is 13.8 Å². The van der Waals surface area contributed by atoms with Crippen LogP contribution in [0.5, 0.6) is 0 Å². The zero-order valence-corrected chi connectivity index (χ0v) is 15.0. The Morgan fingerprint density at radius 2 is 1.12 bits per heavy atom. The molecular formula is C18H26O6. The topological polar surface area (TPSA) is 82.1 Å². The highest BCUT2D eigenvalue weighted by Gasteiger charge is 2.39. The smallest absolute Gasteiger partial charge is 0.339 e. The minimum absolute atomic E-state index is 0.0717. The monoisotopic (exact) mass is 338 g/mol. The Bertz CT molecular complexity index is 551. The number of ether oxygens (including phenoxy) is 3. The zero-order valence-electron chi connectivity index (χ0n) is 15.0. The van der Waals surface area contributed by atoms with Gasteiger partial charge >= 0.3 is 11.9 Å². The van der Waals surface area contributed by atoms with Crippen molar-refractivity contribution in [3.05, 3.63) is 33.8 Å². The van der Waals surface area contributed by atoms with Gasteiger partial charge in [-0.3, -0.25) is 0 Å². The number of allylic oxidation sites excluding steroid dienone is 2. The van der Waals surface area contributed by atoms with Gasteiger partial charge in [-0.15, -0.1) is 0 Å². The fourth-order valence-electron chi connectivity index (χ4n) is 2.79. The van der Waals surface area contributed by atoms with Crippen molar-refractivity contribution < 1.29 is 28.9 Å². The van der Waals surface area contributed by atoms with E-state index in [9.17, 15) is 14.7 Å². The summed E-state index contributed by atoms with van der Waals surface area (Å²) in [4.78, 5) is 24.9. The van der Waals surface area contributed by atoms with Crippen LogP contribution in [0.2, 0.25) is 0 Å². The highest BCUT2D eigenvalue weighted by Crippen LogP contribution is 2.42. The molecule has 0 atom stereocenters. The van der Waals surface area contributed by atoms with E-state index in [1.54, 1.807) is 20.8 Å². The van der Waals surface area contributed by atoms with Gasteiger partial charge in [0.1, 0.15) is 0 Å². The Hall–Kier alpha value is -2.24. The van der Waals surface area contributed by atoms with E-state index in [2.05, 4.69) is 0 Å². The number of carbonyl (C=O) groups excluding carboxylic acids is 2. The first-order valence-corrected chi connectivity index (χ1v) is 8.35. The van der Waals surface area contributed by atoms with E-state index >= 15 is 0 Å². The zero-order chi connectivity index (χ0) is 18.3. The molecule has 0 spiro atoms. The molecule has 6 heteroatoms. The number of esters is 2. The molecule has 0 unspecified atom stereocenters. The molecule has 1 aliphatic rings. The lowest BCUT2D eigenvalue weighted by atomic mass is 10.0. The highest BCUT2D eigenvalue weighted by atomic mass is 16.6. The van der Waals surface area contributed by atoms with Crippen LogP contribution < -0.4 is 0 Å². The maximum atomic E-state index is 12.5. The molecule has 0 aromatic carbocycles. The number of hydrogen-bond donors (Lipinski definition) is 1. The fourth-order valence-corrected chi connectivity index (χ4v) is 2.79. The van der Waals surface area contributed by atoms with Crippen LogP contribution in [0.25, 0.3) is 0 Å². The summed E-state index contributed by atoms with van der Waals surface area (Å²) < 4.78 is 15.4. The number of aliphatic hydroxyl groups is 1. The van der Waals surface area contributed by atoms with Crippen molar-refractivity contribution in [3.8, 4) is 0 Å². The predicted molar refractivity (Wildman–Crippen MR) is 89.2 cm³/mol. The summed E-state index contributed by atoms with van der Waals surface area (Å²) in [5, 5.41) is 10.3. The van der Waals surface area contributed by atoms with Crippen molar-refractivity contribution in [2.75, 3.05) is 19.8 Å². The normalized spacial score (nSPS) is 14.1. The Labute approximate surface area is 142 Å². The van der Waals surface area contributed by atoms with Gasteiger partial charge in [-0.2, -0.15) is 0 Å². The molecule has 0 amide bonds. The van der Waals surface area contributed by atoms with Gasteiger partial charge in [-0.25, -0.2) is 9.59 Å². The standard InChI is InChI=1S/C18H26O6/c1-6-11-12(7-2)14(17(20)23-9-4)15(18(21)24-10-5)13(11)16(19)22-8-3/h21H,6-10H2,1-5H3.